The molecule has 1 saturated heterocycles. The third kappa shape index (κ3) is 4.59. The molecule has 0 unspecified atom stereocenters. The molecule has 1 aliphatic heterocycles. The Kier molecular flexibility index (Phi) is 5.97. The van der Waals surface area contributed by atoms with Crippen LogP contribution in [0.3, 0.4) is 0 Å². The fraction of sp³-hybridized carbons (Fsp3) is 0.368. The van der Waals surface area contributed by atoms with Crippen LogP contribution in [0.4, 0.5) is 5.69 Å². The lowest BCUT2D eigenvalue weighted by atomic mass is 10.2. The Morgan fingerprint density at radius 2 is 1.81 bits per heavy atom. The predicted octanol–water partition coefficient (Wildman–Crippen LogP) is 1.69. The van der Waals surface area contributed by atoms with E-state index in [0.29, 0.717) is 49.1 Å². The summed E-state index contributed by atoms with van der Waals surface area (Å²) in [6, 6.07) is 8.58. The molecule has 1 aromatic carbocycles. The number of anilines is 1. The largest absolute Gasteiger partial charge is 0.493 e. The number of carbonyl (C=O) groups is 2. The summed E-state index contributed by atoms with van der Waals surface area (Å²) in [6.07, 6.45) is 1.49. The molecule has 2 aromatic rings. The van der Waals surface area contributed by atoms with Gasteiger partial charge in [-0.25, -0.2) is 0 Å². The monoisotopic (exact) mass is 373 g/mol. The average molecular weight is 373 g/mol. The summed E-state index contributed by atoms with van der Waals surface area (Å²) in [5.74, 6) is 1.27. The lowest BCUT2D eigenvalue weighted by Gasteiger charge is -2.33. The zero-order valence-electron chi connectivity index (χ0n) is 15.4. The fourth-order valence-corrected chi connectivity index (χ4v) is 2.98. The van der Waals surface area contributed by atoms with Crippen LogP contribution in [0.25, 0.3) is 0 Å². The molecular formula is C19H23N3O5. The molecule has 144 valence electrons. The van der Waals surface area contributed by atoms with E-state index in [2.05, 4.69) is 5.32 Å². The maximum absolute atomic E-state index is 12.3. The SMILES string of the molecule is COc1ccc(NC(=O)CN2CCN(C(=O)c3ccco3)CC2)cc1OC. The molecule has 2 heterocycles. The summed E-state index contributed by atoms with van der Waals surface area (Å²) in [5, 5.41) is 2.86. The number of ether oxygens (including phenoxy) is 2. The quantitative estimate of drug-likeness (QED) is 0.830. The van der Waals surface area contributed by atoms with Gasteiger partial charge in [-0.3, -0.25) is 14.5 Å². The number of benzene rings is 1. The second-order valence-corrected chi connectivity index (χ2v) is 6.16. The Labute approximate surface area is 157 Å². The molecular weight excluding hydrogens is 350 g/mol. The number of amides is 2. The van der Waals surface area contributed by atoms with Gasteiger partial charge in [-0.1, -0.05) is 0 Å². The highest BCUT2D eigenvalue weighted by Crippen LogP contribution is 2.29. The van der Waals surface area contributed by atoms with Crippen LogP contribution in [0.1, 0.15) is 10.6 Å². The van der Waals surface area contributed by atoms with Crippen molar-refractivity contribution in [2.24, 2.45) is 0 Å². The molecule has 1 fully saturated rings. The minimum Gasteiger partial charge on any atom is -0.493 e. The van der Waals surface area contributed by atoms with E-state index >= 15 is 0 Å². The molecule has 27 heavy (non-hydrogen) atoms. The van der Waals surface area contributed by atoms with Gasteiger partial charge in [0, 0.05) is 37.9 Å². The number of carbonyl (C=O) groups excluding carboxylic acids is 2. The number of piperazine rings is 1. The van der Waals surface area contributed by atoms with Gasteiger partial charge < -0.3 is 24.1 Å². The second kappa shape index (κ2) is 8.59. The fourth-order valence-electron chi connectivity index (χ4n) is 2.98. The van der Waals surface area contributed by atoms with Gasteiger partial charge in [-0.2, -0.15) is 0 Å². The van der Waals surface area contributed by atoms with Crippen LogP contribution < -0.4 is 14.8 Å². The first kappa shape index (κ1) is 18.8. The smallest absolute Gasteiger partial charge is 0.289 e. The van der Waals surface area contributed by atoms with Crippen LogP contribution in [0.15, 0.2) is 41.0 Å². The van der Waals surface area contributed by atoms with Crippen molar-refractivity contribution in [3.05, 3.63) is 42.4 Å². The van der Waals surface area contributed by atoms with Crippen molar-refractivity contribution in [3.63, 3.8) is 0 Å². The van der Waals surface area contributed by atoms with E-state index < -0.39 is 0 Å². The Morgan fingerprint density at radius 1 is 1.07 bits per heavy atom. The van der Waals surface area contributed by atoms with Gasteiger partial charge in [0.1, 0.15) is 0 Å². The van der Waals surface area contributed by atoms with E-state index in [1.807, 2.05) is 4.90 Å². The van der Waals surface area contributed by atoms with Crippen LogP contribution in [-0.2, 0) is 4.79 Å². The molecule has 0 radical (unpaired) electrons. The maximum Gasteiger partial charge on any atom is 0.289 e. The van der Waals surface area contributed by atoms with Crippen molar-refractivity contribution < 1.29 is 23.5 Å². The Morgan fingerprint density at radius 3 is 2.44 bits per heavy atom. The number of furan rings is 1. The number of hydrogen-bond acceptors (Lipinski definition) is 6. The van der Waals surface area contributed by atoms with Crippen molar-refractivity contribution in [2.75, 3.05) is 52.3 Å². The minimum atomic E-state index is -0.118. The van der Waals surface area contributed by atoms with Crippen molar-refractivity contribution in [1.82, 2.24) is 9.80 Å². The lowest BCUT2D eigenvalue weighted by Crippen LogP contribution is -2.50. The predicted molar refractivity (Wildman–Crippen MR) is 99.2 cm³/mol. The van der Waals surface area contributed by atoms with Crippen LogP contribution in [-0.4, -0.2) is 68.6 Å². The topological polar surface area (TPSA) is 84.3 Å². The molecule has 1 N–H and O–H groups in total. The molecule has 8 nitrogen and oxygen atoms in total. The van der Waals surface area contributed by atoms with Crippen LogP contribution in [0.5, 0.6) is 11.5 Å². The van der Waals surface area contributed by atoms with E-state index in [1.165, 1.54) is 6.26 Å². The molecule has 0 bridgehead atoms. The van der Waals surface area contributed by atoms with E-state index in [0.717, 1.165) is 0 Å². The van der Waals surface area contributed by atoms with E-state index in [9.17, 15) is 9.59 Å². The molecule has 0 saturated carbocycles. The summed E-state index contributed by atoms with van der Waals surface area (Å²) in [6.45, 7) is 2.64. The van der Waals surface area contributed by atoms with E-state index in [4.69, 9.17) is 13.9 Å². The van der Waals surface area contributed by atoms with Crippen molar-refractivity contribution in [3.8, 4) is 11.5 Å². The van der Waals surface area contributed by atoms with Gasteiger partial charge in [0.05, 0.1) is 27.0 Å². The molecule has 1 aliphatic rings. The molecule has 2 amide bonds. The van der Waals surface area contributed by atoms with Crippen LogP contribution >= 0.6 is 0 Å². The highest BCUT2D eigenvalue weighted by Gasteiger charge is 2.24. The van der Waals surface area contributed by atoms with Gasteiger partial charge in [-0.15, -0.1) is 0 Å². The molecule has 0 atom stereocenters. The van der Waals surface area contributed by atoms with Gasteiger partial charge in [0.15, 0.2) is 17.3 Å². The van der Waals surface area contributed by atoms with Gasteiger partial charge in [0.25, 0.3) is 5.91 Å². The highest BCUT2D eigenvalue weighted by molar-refractivity contribution is 5.93. The number of methoxy groups -OCH3 is 2. The molecule has 3 rings (SSSR count). The lowest BCUT2D eigenvalue weighted by molar-refractivity contribution is -0.117. The van der Waals surface area contributed by atoms with E-state index in [-0.39, 0.29) is 18.4 Å². The summed E-state index contributed by atoms with van der Waals surface area (Å²) in [7, 11) is 3.11. The van der Waals surface area contributed by atoms with Crippen molar-refractivity contribution in [1.29, 1.82) is 0 Å². The summed E-state index contributed by atoms with van der Waals surface area (Å²) >= 11 is 0. The maximum atomic E-state index is 12.3. The minimum absolute atomic E-state index is 0.116. The van der Waals surface area contributed by atoms with Crippen LogP contribution in [0, 0.1) is 0 Å². The van der Waals surface area contributed by atoms with Crippen molar-refractivity contribution in [2.45, 2.75) is 0 Å². The van der Waals surface area contributed by atoms with Crippen LogP contribution in [0.2, 0.25) is 0 Å². The number of hydrogen-bond donors (Lipinski definition) is 1. The first-order valence-corrected chi connectivity index (χ1v) is 8.67. The average Bonchev–Trinajstić information content (AvgIpc) is 3.22. The van der Waals surface area contributed by atoms with Crippen molar-refractivity contribution >= 4 is 17.5 Å². The zero-order chi connectivity index (χ0) is 19.2. The van der Waals surface area contributed by atoms with Gasteiger partial charge in [0.2, 0.25) is 5.91 Å². The number of rotatable bonds is 6. The third-order valence-corrected chi connectivity index (χ3v) is 4.43. The Balaban J connectivity index is 1.49. The third-order valence-electron chi connectivity index (χ3n) is 4.43. The second-order valence-electron chi connectivity index (χ2n) is 6.16. The summed E-state index contributed by atoms with van der Waals surface area (Å²) in [4.78, 5) is 28.3. The Hall–Kier alpha value is -3.00. The highest BCUT2D eigenvalue weighted by atomic mass is 16.5. The normalized spacial score (nSPS) is 14.7. The number of nitrogens with zero attached hydrogens (tertiary/aromatic N) is 2. The first-order valence-electron chi connectivity index (χ1n) is 8.67. The Bertz CT molecular complexity index is 783. The number of nitrogens with one attached hydrogen (secondary N) is 1. The zero-order valence-corrected chi connectivity index (χ0v) is 15.4. The van der Waals surface area contributed by atoms with Gasteiger partial charge in [-0.05, 0) is 24.3 Å². The molecule has 1 aromatic heterocycles. The molecule has 8 heteroatoms. The van der Waals surface area contributed by atoms with Gasteiger partial charge >= 0.3 is 0 Å². The molecule has 0 aliphatic carbocycles. The first-order chi connectivity index (χ1) is 13.1. The summed E-state index contributed by atoms with van der Waals surface area (Å²) in [5.41, 5.74) is 0.643. The molecule has 0 spiro atoms. The standard InChI is InChI=1S/C19H23N3O5/c1-25-15-6-5-14(12-17(15)26-2)20-18(23)13-21-7-9-22(10-8-21)19(24)16-4-3-11-27-16/h3-6,11-12H,7-10,13H2,1-2H3,(H,20,23). The van der Waals surface area contributed by atoms with E-state index in [1.54, 1.807) is 49.5 Å². The summed E-state index contributed by atoms with van der Waals surface area (Å²) < 4.78 is 15.6.